The van der Waals surface area contributed by atoms with E-state index in [1.165, 1.54) is 51.4 Å². The molecule has 0 bridgehead atoms. The van der Waals surface area contributed by atoms with E-state index in [4.69, 9.17) is 9.47 Å². The number of ether oxygens (including phenoxy) is 2. The Bertz CT molecular complexity index is 995. The van der Waals surface area contributed by atoms with E-state index in [0.717, 1.165) is 45.2 Å². The molecule has 7 heteroatoms. The van der Waals surface area contributed by atoms with Crippen molar-refractivity contribution in [2.45, 2.75) is 90.9 Å². The van der Waals surface area contributed by atoms with Crippen LogP contribution in [0.2, 0.25) is 0 Å². The van der Waals surface area contributed by atoms with Gasteiger partial charge in [-0.25, -0.2) is 9.59 Å². The van der Waals surface area contributed by atoms with Crippen molar-refractivity contribution in [2.24, 2.45) is 0 Å². The predicted octanol–water partition coefficient (Wildman–Crippen LogP) is 10.2. The van der Waals surface area contributed by atoms with Crippen LogP contribution in [0, 0.1) is 0 Å². The summed E-state index contributed by atoms with van der Waals surface area (Å²) in [6.07, 6.45) is 13.9. The molecule has 0 unspecified atom stereocenters. The summed E-state index contributed by atoms with van der Waals surface area (Å²) in [5.74, 6) is -0.510. The molecule has 0 spiro atoms. The van der Waals surface area contributed by atoms with Crippen LogP contribution in [-0.2, 0) is 9.47 Å². The van der Waals surface area contributed by atoms with Crippen LogP contribution in [0.25, 0.3) is 19.5 Å². The lowest BCUT2D eigenvalue weighted by Gasteiger charge is -2.06. The fourth-order valence-electron chi connectivity index (χ4n) is 4.15. The zero-order chi connectivity index (χ0) is 26.3. The van der Waals surface area contributed by atoms with Crippen molar-refractivity contribution in [1.82, 2.24) is 0 Å². The number of thiophene rings is 3. The van der Waals surface area contributed by atoms with Gasteiger partial charge in [0.05, 0.1) is 34.1 Å². The summed E-state index contributed by atoms with van der Waals surface area (Å²) in [5.41, 5.74) is 1.24. The van der Waals surface area contributed by atoms with Crippen LogP contribution >= 0.6 is 34.0 Å². The van der Waals surface area contributed by atoms with Gasteiger partial charge in [0.15, 0.2) is 0 Å². The monoisotopic (exact) mass is 560 g/mol. The van der Waals surface area contributed by atoms with E-state index in [9.17, 15) is 9.59 Å². The predicted molar refractivity (Wildman–Crippen MR) is 158 cm³/mol. The van der Waals surface area contributed by atoms with Gasteiger partial charge < -0.3 is 9.47 Å². The largest absolute Gasteiger partial charge is 0.462 e. The highest BCUT2D eigenvalue weighted by Gasteiger charge is 2.20. The van der Waals surface area contributed by atoms with Gasteiger partial charge in [0.2, 0.25) is 0 Å². The average molecular weight is 561 g/mol. The minimum atomic E-state index is -0.255. The number of unbranched alkanes of at least 4 members (excludes halogenated alkanes) is 10. The average Bonchev–Trinajstić information content (AvgIpc) is 3.67. The molecule has 0 N–H and O–H groups in total. The van der Waals surface area contributed by atoms with Crippen LogP contribution in [0.4, 0.5) is 0 Å². The van der Waals surface area contributed by atoms with Crippen molar-refractivity contribution >= 4 is 45.9 Å². The number of carbonyl (C=O) groups excluding carboxylic acids is 2. The first-order valence-corrected chi connectivity index (χ1v) is 16.3. The minimum absolute atomic E-state index is 0.255. The van der Waals surface area contributed by atoms with Crippen LogP contribution in [-0.4, -0.2) is 25.2 Å². The summed E-state index contributed by atoms with van der Waals surface area (Å²) >= 11 is 4.69. The number of hydrogen-bond acceptors (Lipinski definition) is 7. The third kappa shape index (κ3) is 9.38. The number of esters is 2. The Labute approximate surface area is 234 Å². The molecule has 3 aromatic rings. The van der Waals surface area contributed by atoms with Crippen LogP contribution in [0.5, 0.6) is 0 Å². The van der Waals surface area contributed by atoms with Crippen LogP contribution in [0.3, 0.4) is 0 Å². The van der Waals surface area contributed by atoms with E-state index in [1.807, 2.05) is 35.0 Å². The first-order valence-electron chi connectivity index (χ1n) is 13.8. The van der Waals surface area contributed by atoms with Crippen LogP contribution in [0.15, 0.2) is 35.0 Å². The molecular formula is C30H40O4S3. The molecule has 0 aliphatic rings. The Balaban J connectivity index is 1.54. The Kier molecular flexibility index (Phi) is 13.4. The molecule has 0 aliphatic carbocycles. The molecule has 0 atom stereocenters. The molecule has 0 saturated heterocycles. The molecule has 202 valence electrons. The van der Waals surface area contributed by atoms with E-state index in [-0.39, 0.29) is 11.9 Å². The molecule has 3 aromatic heterocycles. The smallest absolute Gasteiger partial charge is 0.339 e. The summed E-state index contributed by atoms with van der Waals surface area (Å²) in [4.78, 5) is 29.4. The van der Waals surface area contributed by atoms with Gasteiger partial charge in [-0.05, 0) is 47.9 Å². The lowest BCUT2D eigenvalue weighted by molar-refractivity contribution is 0.0490. The SMILES string of the molecule is CCCCCCCCOC(=O)c1ccsc1-c1ccc(-c2sccc2C(=O)OCCCCCCCC)s1. The maximum Gasteiger partial charge on any atom is 0.339 e. The molecule has 0 fully saturated rings. The van der Waals surface area contributed by atoms with Gasteiger partial charge >= 0.3 is 11.9 Å². The van der Waals surface area contributed by atoms with Gasteiger partial charge in [0.1, 0.15) is 0 Å². The number of hydrogen-bond donors (Lipinski definition) is 0. The minimum Gasteiger partial charge on any atom is -0.462 e. The highest BCUT2D eigenvalue weighted by Crippen LogP contribution is 2.41. The van der Waals surface area contributed by atoms with Crippen molar-refractivity contribution in [2.75, 3.05) is 13.2 Å². The van der Waals surface area contributed by atoms with E-state index in [1.54, 1.807) is 34.0 Å². The normalized spacial score (nSPS) is 11.1. The Morgan fingerprint density at radius 3 is 1.43 bits per heavy atom. The Morgan fingerprint density at radius 2 is 1.00 bits per heavy atom. The maximum absolute atomic E-state index is 12.7. The molecule has 0 saturated carbocycles. The highest BCUT2D eigenvalue weighted by molar-refractivity contribution is 7.26. The second-order valence-electron chi connectivity index (χ2n) is 9.30. The van der Waals surface area contributed by atoms with Crippen molar-refractivity contribution in [3.8, 4) is 19.5 Å². The molecule has 0 aliphatic heterocycles. The second kappa shape index (κ2) is 16.8. The van der Waals surface area contributed by atoms with Crippen molar-refractivity contribution in [1.29, 1.82) is 0 Å². The lowest BCUT2D eigenvalue weighted by Crippen LogP contribution is -2.06. The first kappa shape index (κ1) is 29.6. The summed E-state index contributed by atoms with van der Waals surface area (Å²) in [7, 11) is 0. The van der Waals surface area contributed by atoms with Crippen molar-refractivity contribution in [3.05, 3.63) is 46.2 Å². The Morgan fingerprint density at radius 1 is 0.595 bits per heavy atom. The number of rotatable bonds is 18. The first-order chi connectivity index (χ1) is 18.2. The maximum atomic E-state index is 12.7. The summed E-state index contributed by atoms with van der Waals surface area (Å²) in [5, 5.41) is 3.87. The van der Waals surface area contributed by atoms with Crippen molar-refractivity contribution in [3.63, 3.8) is 0 Å². The quantitative estimate of drug-likeness (QED) is 0.115. The molecule has 0 amide bonds. The molecule has 3 heterocycles. The molecular weight excluding hydrogens is 521 g/mol. The second-order valence-corrected chi connectivity index (χ2v) is 12.2. The standard InChI is InChI=1S/C30H40O4S3/c1-3-5-7-9-11-13-19-33-29(31)23-17-21-35-27(23)25-15-16-26(37-25)28-24(18-22-36-28)30(32)34-20-14-12-10-8-6-4-2/h15-18,21-22H,3-14,19-20H2,1-2H3. The van der Waals surface area contributed by atoms with Gasteiger partial charge in [-0.1, -0.05) is 78.1 Å². The van der Waals surface area contributed by atoms with E-state index in [2.05, 4.69) is 13.8 Å². The fraction of sp³-hybridized carbons (Fsp3) is 0.533. The van der Waals surface area contributed by atoms with Gasteiger partial charge in [-0.15, -0.1) is 34.0 Å². The van der Waals surface area contributed by atoms with E-state index >= 15 is 0 Å². The molecule has 0 aromatic carbocycles. The topological polar surface area (TPSA) is 52.6 Å². The highest BCUT2D eigenvalue weighted by atomic mass is 32.1. The summed E-state index contributed by atoms with van der Waals surface area (Å²) in [6, 6.07) is 7.75. The van der Waals surface area contributed by atoms with Gasteiger partial charge in [-0.2, -0.15) is 0 Å². The Hall–Kier alpha value is -1.96. The van der Waals surface area contributed by atoms with E-state index < -0.39 is 0 Å². The van der Waals surface area contributed by atoms with E-state index in [0.29, 0.717) is 24.3 Å². The third-order valence-corrected chi connectivity index (χ3v) is 9.56. The van der Waals surface area contributed by atoms with Gasteiger partial charge in [0, 0.05) is 9.75 Å². The lowest BCUT2D eigenvalue weighted by atomic mass is 10.1. The molecule has 0 radical (unpaired) electrons. The fourth-order valence-corrected chi connectivity index (χ4v) is 7.21. The molecule has 3 rings (SSSR count). The zero-order valence-corrected chi connectivity index (χ0v) is 24.7. The van der Waals surface area contributed by atoms with Crippen LogP contribution in [0.1, 0.15) is 112 Å². The summed E-state index contributed by atoms with van der Waals surface area (Å²) in [6.45, 7) is 5.36. The number of carbonyl (C=O) groups is 2. The third-order valence-electron chi connectivity index (χ3n) is 6.29. The molecule has 4 nitrogen and oxygen atoms in total. The van der Waals surface area contributed by atoms with Crippen LogP contribution < -0.4 is 0 Å². The van der Waals surface area contributed by atoms with Gasteiger partial charge in [-0.3, -0.25) is 0 Å². The van der Waals surface area contributed by atoms with Crippen molar-refractivity contribution < 1.29 is 19.1 Å². The molecule has 37 heavy (non-hydrogen) atoms. The van der Waals surface area contributed by atoms with Gasteiger partial charge in [0.25, 0.3) is 0 Å². The zero-order valence-electron chi connectivity index (χ0n) is 22.2. The summed E-state index contributed by atoms with van der Waals surface area (Å²) < 4.78 is 11.1.